The first-order valence-corrected chi connectivity index (χ1v) is 7.77. The summed E-state index contributed by atoms with van der Waals surface area (Å²) in [6.45, 7) is -1.92. The Labute approximate surface area is 158 Å². The SMILES string of the molecule is O=C(COC(=O)Cn1cc(C(F)(F)F)ccc1=O)Nc1ccccc1C(F)(F)F. The van der Waals surface area contributed by atoms with Crippen LogP contribution in [0.2, 0.25) is 0 Å². The Kier molecular flexibility index (Phi) is 6.34. The van der Waals surface area contributed by atoms with Crippen LogP contribution in [0.4, 0.5) is 32.0 Å². The molecule has 0 aliphatic carbocycles. The third-order valence-electron chi connectivity index (χ3n) is 3.48. The number of alkyl halides is 6. The van der Waals surface area contributed by atoms with Crippen LogP contribution in [0.1, 0.15) is 11.1 Å². The Morgan fingerprint density at radius 2 is 1.62 bits per heavy atom. The highest BCUT2D eigenvalue weighted by atomic mass is 19.4. The maximum atomic E-state index is 12.9. The van der Waals surface area contributed by atoms with Crippen LogP contribution in [0.3, 0.4) is 0 Å². The molecule has 0 fully saturated rings. The fourth-order valence-corrected chi connectivity index (χ4v) is 2.18. The number of nitrogens with zero attached hydrogens (tertiary/aromatic N) is 1. The molecule has 12 heteroatoms. The van der Waals surface area contributed by atoms with E-state index in [9.17, 15) is 40.7 Å². The highest BCUT2D eigenvalue weighted by Gasteiger charge is 2.33. The summed E-state index contributed by atoms with van der Waals surface area (Å²) in [7, 11) is 0. The van der Waals surface area contributed by atoms with Gasteiger partial charge in [-0.2, -0.15) is 26.3 Å². The summed E-state index contributed by atoms with van der Waals surface area (Å²) in [6.07, 6.45) is -9.07. The van der Waals surface area contributed by atoms with Crippen LogP contribution in [0, 0.1) is 0 Å². The highest BCUT2D eigenvalue weighted by Crippen LogP contribution is 2.34. The lowest BCUT2D eigenvalue weighted by molar-refractivity contribution is -0.148. The normalized spacial score (nSPS) is 11.8. The van der Waals surface area contributed by atoms with Gasteiger partial charge in [0.05, 0.1) is 16.8 Å². The summed E-state index contributed by atoms with van der Waals surface area (Å²) in [5, 5.41) is 1.92. The molecule has 1 aromatic carbocycles. The van der Waals surface area contributed by atoms with Gasteiger partial charge in [-0.15, -0.1) is 0 Å². The summed E-state index contributed by atoms with van der Waals surface area (Å²) < 4.78 is 81.5. The molecule has 0 unspecified atom stereocenters. The number of hydrogen-bond donors (Lipinski definition) is 1. The second-order valence-corrected chi connectivity index (χ2v) is 5.63. The fourth-order valence-electron chi connectivity index (χ4n) is 2.18. The first-order chi connectivity index (χ1) is 13.4. The number of carbonyl (C=O) groups excluding carboxylic acids is 2. The maximum absolute atomic E-state index is 12.9. The second kappa shape index (κ2) is 8.37. The van der Waals surface area contributed by atoms with Gasteiger partial charge in [0, 0.05) is 12.3 Å². The van der Waals surface area contributed by atoms with Crippen molar-refractivity contribution in [1.29, 1.82) is 0 Å². The quantitative estimate of drug-likeness (QED) is 0.594. The van der Waals surface area contributed by atoms with Crippen LogP contribution in [0.15, 0.2) is 47.4 Å². The molecule has 156 valence electrons. The molecule has 0 aliphatic rings. The van der Waals surface area contributed by atoms with E-state index in [1.807, 2.05) is 5.32 Å². The zero-order valence-corrected chi connectivity index (χ0v) is 14.3. The van der Waals surface area contributed by atoms with Crippen molar-refractivity contribution >= 4 is 17.6 Å². The second-order valence-electron chi connectivity index (χ2n) is 5.63. The number of hydrogen-bond acceptors (Lipinski definition) is 4. The van der Waals surface area contributed by atoms with Crippen molar-refractivity contribution in [2.24, 2.45) is 0 Å². The monoisotopic (exact) mass is 422 g/mol. The molecular weight excluding hydrogens is 410 g/mol. The number of carbonyl (C=O) groups is 2. The van der Waals surface area contributed by atoms with E-state index in [1.165, 1.54) is 6.07 Å². The van der Waals surface area contributed by atoms with Crippen molar-refractivity contribution in [3.8, 4) is 0 Å². The number of esters is 1. The zero-order chi connectivity index (χ0) is 21.8. The maximum Gasteiger partial charge on any atom is 0.418 e. The van der Waals surface area contributed by atoms with Gasteiger partial charge in [0.1, 0.15) is 6.54 Å². The van der Waals surface area contributed by atoms with Crippen LogP contribution in [-0.2, 0) is 33.2 Å². The van der Waals surface area contributed by atoms with Crippen molar-refractivity contribution in [1.82, 2.24) is 4.57 Å². The molecule has 1 N–H and O–H groups in total. The lowest BCUT2D eigenvalue weighted by atomic mass is 10.1. The molecule has 0 bridgehead atoms. The third kappa shape index (κ3) is 6.09. The Bertz CT molecular complexity index is 965. The van der Waals surface area contributed by atoms with Crippen LogP contribution in [0.25, 0.3) is 0 Å². The minimum Gasteiger partial charge on any atom is -0.454 e. The van der Waals surface area contributed by atoms with E-state index in [-0.39, 0.29) is 0 Å². The van der Waals surface area contributed by atoms with E-state index in [0.29, 0.717) is 22.9 Å². The van der Waals surface area contributed by atoms with Crippen molar-refractivity contribution in [2.75, 3.05) is 11.9 Å². The molecule has 0 saturated heterocycles. The first kappa shape index (κ1) is 22.0. The van der Waals surface area contributed by atoms with Gasteiger partial charge < -0.3 is 14.6 Å². The number of amides is 1. The van der Waals surface area contributed by atoms with Crippen molar-refractivity contribution in [3.63, 3.8) is 0 Å². The van der Waals surface area contributed by atoms with E-state index < -0.39 is 59.8 Å². The zero-order valence-electron chi connectivity index (χ0n) is 14.3. The molecule has 6 nitrogen and oxygen atoms in total. The number of para-hydroxylation sites is 1. The molecule has 1 heterocycles. The number of nitrogens with one attached hydrogen (secondary N) is 1. The molecule has 0 radical (unpaired) electrons. The van der Waals surface area contributed by atoms with Gasteiger partial charge in [0.15, 0.2) is 6.61 Å². The van der Waals surface area contributed by atoms with Crippen molar-refractivity contribution in [2.45, 2.75) is 18.9 Å². The predicted molar refractivity (Wildman–Crippen MR) is 86.7 cm³/mol. The van der Waals surface area contributed by atoms with Gasteiger partial charge in [-0.3, -0.25) is 14.4 Å². The Morgan fingerprint density at radius 3 is 2.24 bits per heavy atom. The Morgan fingerprint density at radius 1 is 0.966 bits per heavy atom. The van der Waals surface area contributed by atoms with Gasteiger partial charge in [-0.05, 0) is 18.2 Å². The van der Waals surface area contributed by atoms with E-state index >= 15 is 0 Å². The summed E-state index contributed by atoms with van der Waals surface area (Å²) >= 11 is 0. The average molecular weight is 422 g/mol. The number of pyridine rings is 1. The molecule has 0 saturated carbocycles. The molecule has 1 amide bonds. The minimum atomic E-state index is -4.74. The molecule has 0 atom stereocenters. The minimum absolute atomic E-state index is 0.406. The Balaban J connectivity index is 1.99. The van der Waals surface area contributed by atoms with E-state index in [2.05, 4.69) is 4.74 Å². The third-order valence-corrected chi connectivity index (χ3v) is 3.48. The summed E-state index contributed by atoms with van der Waals surface area (Å²) in [4.78, 5) is 35.0. The van der Waals surface area contributed by atoms with Crippen LogP contribution < -0.4 is 10.9 Å². The standard InChI is InChI=1S/C17H12F6N2O4/c18-16(19,20)10-5-6-14(27)25(7-10)8-15(28)29-9-13(26)24-12-4-2-1-3-11(12)17(21,22)23/h1-7H,8-9H2,(H,24,26). The molecule has 0 spiro atoms. The van der Waals surface area contributed by atoms with Gasteiger partial charge >= 0.3 is 18.3 Å². The molecule has 0 aliphatic heterocycles. The number of benzene rings is 1. The topological polar surface area (TPSA) is 77.4 Å². The Hall–Kier alpha value is -3.31. The van der Waals surface area contributed by atoms with E-state index in [1.54, 1.807) is 0 Å². The smallest absolute Gasteiger partial charge is 0.418 e. The van der Waals surface area contributed by atoms with Gasteiger partial charge in [0.25, 0.3) is 11.5 Å². The lowest BCUT2D eigenvalue weighted by Crippen LogP contribution is -2.28. The number of ether oxygens (including phenoxy) is 1. The number of anilines is 1. The van der Waals surface area contributed by atoms with E-state index in [0.717, 1.165) is 18.2 Å². The van der Waals surface area contributed by atoms with Crippen LogP contribution >= 0.6 is 0 Å². The van der Waals surface area contributed by atoms with Crippen molar-refractivity contribution in [3.05, 3.63) is 64.1 Å². The predicted octanol–water partition coefficient (Wildman–Crippen LogP) is 3.07. The number of halogens is 6. The van der Waals surface area contributed by atoms with Crippen LogP contribution in [0.5, 0.6) is 0 Å². The number of aromatic nitrogens is 1. The molecule has 2 aromatic rings. The van der Waals surface area contributed by atoms with Gasteiger partial charge in [-0.1, -0.05) is 12.1 Å². The molecule has 1 aromatic heterocycles. The molecule has 29 heavy (non-hydrogen) atoms. The number of rotatable bonds is 5. The first-order valence-electron chi connectivity index (χ1n) is 7.77. The highest BCUT2D eigenvalue weighted by molar-refractivity contribution is 5.93. The summed E-state index contributed by atoms with van der Waals surface area (Å²) in [5.41, 5.74) is -3.77. The average Bonchev–Trinajstić information content (AvgIpc) is 2.60. The fraction of sp³-hybridized carbons (Fsp3) is 0.235. The van der Waals surface area contributed by atoms with Gasteiger partial charge in [-0.25, -0.2) is 0 Å². The van der Waals surface area contributed by atoms with Crippen LogP contribution in [-0.4, -0.2) is 23.1 Å². The summed E-state index contributed by atoms with van der Waals surface area (Å²) in [6, 6.07) is 5.24. The molecular formula is C17H12F6N2O4. The molecule has 2 rings (SSSR count). The van der Waals surface area contributed by atoms with E-state index in [4.69, 9.17) is 0 Å². The van der Waals surface area contributed by atoms with Gasteiger partial charge in [0.2, 0.25) is 0 Å². The van der Waals surface area contributed by atoms with Crippen molar-refractivity contribution < 1.29 is 40.7 Å². The largest absolute Gasteiger partial charge is 0.454 e. The summed E-state index contributed by atoms with van der Waals surface area (Å²) in [5.74, 6) is -2.34. The lowest BCUT2D eigenvalue weighted by Gasteiger charge is -2.14.